The van der Waals surface area contributed by atoms with Crippen molar-refractivity contribution in [3.8, 4) is 0 Å². The van der Waals surface area contributed by atoms with Crippen LogP contribution in [0.25, 0.3) is 0 Å². The summed E-state index contributed by atoms with van der Waals surface area (Å²) in [4.78, 5) is 50.7. The van der Waals surface area contributed by atoms with E-state index in [1.165, 1.54) is 14.1 Å². The van der Waals surface area contributed by atoms with Crippen LogP contribution >= 0.6 is 0 Å². The van der Waals surface area contributed by atoms with Gasteiger partial charge in [0.05, 0.1) is 19.6 Å². The number of nitrogens with zero attached hydrogens (tertiary/aromatic N) is 2. The van der Waals surface area contributed by atoms with E-state index >= 15 is 0 Å². The molecule has 0 aromatic carbocycles. The maximum atomic E-state index is 12.7. The lowest BCUT2D eigenvalue weighted by Gasteiger charge is -2.30. The van der Waals surface area contributed by atoms with Crippen LogP contribution in [0.5, 0.6) is 0 Å². The Balaban J connectivity index is 5.37. The fourth-order valence-corrected chi connectivity index (χ4v) is 2.60. The Morgan fingerprint density at radius 3 is 2.10 bits per heavy atom. The van der Waals surface area contributed by atoms with E-state index in [0.717, 1.165) is 11.9 Å². The molecule has 0 radical (unpaired) electrons. The highest BCUT2D eigenvalue weighted by Gasteiger charge is 2.40. The lowest BCUT2D eigenvalue weighted by Crippen LogP contribution is -2.56. The highest BCUT2D eigenvalue weighted by Crippen LogP contribution is 2.21. The molecule has 180 valence electrons. The third-order valence-electron chi connectivity index (χ3n) is 4.51. The van der Waals surface area contributed by atoms with Gasteiger partial charge in [0.1, 0.15) is 18.1 Å². The summed E-state index contributed by atoms with van der Waals surface area (Å²) < 4.78 is 37.8. The molecule has 0 aliphatic heterocycles. The summed E-state index contributed by atoms with van der Waals surface area (Å²) >= 11 is 0. The van der Waals surface area contributed by atoms with E-state index in [4.69, 9.17) is 5.73 Å². The number of aliphatic hydroxyl groups is 1. The van der Waals surface area contributed by atoms with Crippen LogP contribution < -0.4 is 16.4 Å². The molecule has 3 atom stereocenters. The summed E-state index contributed by atoms with van der Waals surface area (Å²) in [6.07, 6.45) is -5.71. The van der Waals surface area contributed by atoms with Crippen LogP contribution in [0.3, 0.4) is 0 Å². The van der Waals surface area contributed by atoms with Crippen LogP contribution in [0.4, 0.5) is 13.2 Å². The number of likely N-dealkylation sites (N-methyl/N-ethyl adjacent to an activating group) is 3. The lowest BCUT2D eigenvalue weighted by molar-refractivity contribution is -0.159. The van der Waals surface area contributed by atoms with Gasteiger partial charge in [0, 0.05) is 21.1 Å². The van der Waals surface area contributed by atoms with Gasteiger partial charge in [0.25, 0.3) is 0 Å². The molecule has 0 bridgehead atoms. The first-order chi connectivity index (χ1) is 14.1. The molecule has 0 fully saturated rings. The molecule has 10 nitrogen and oxygen atoms in total. The van der Waals surface area contributed by atoms with E-state index in [2.05, 4.69) is 10.6 Å². The number of amides is 4. The molecule has 0 aliphatic carbocycles. The van der Waals surface area contributed by atoms with E-state index < -0.39 is 61.0 Å². The average molecular weight is 455 g/mol. The smallest absolute Gasteiger partial charge is 0.394 e. The van der Waals surface area contributed by atoms with Crippen LogP contribution in [-0.2, 0) is 19.2 Å². The standard InChI is InChI=1S/C18H32F3N5O5/c1-10(2)6-11(17(31)25(4)8-14(28)23-3)24-16(30)12(9-27)26(5)15(29)7-13(22)18(19,20)21/h10-13,27H,6-9,22H2,1-5H3,(H,23,28)(H,24,30)/t11-,12-,13-/m0/s1. The Hall–Kier alpha value is -2.41. The van der Waals surface area contributed by atoms with Gasteiger partial charge >= 0.3 is 6.18 Å². The third kappa shape index (κ3) is 9.51. The Morgan fingerprint density at radius 1 is 1.13 bits per heavy atom. The van der Waals surface area contributed by atoms with E-state index in [1.807, 2.05) is 0 Å². The number of rotatable bonds is 11. The number of alkyl halides is 3. The first kappa shape index (κ1) is 28.6. The predicted molar refractivity (Wildman–Crippen MR) is 105 cm³/mol. The van der Waals surface area contributed by atoms with Gasteiger partial charge < -0.3 is 31.3 Å². The van der Waals surface area contributed by atoms with Crippen LogP contribution in [-0.4, -0.2) is 97.1 Å². The van der Waals surface area contributed by atoms with Crippen molar-refractivity contribution in [1.82, 2.24) is 20.4 Å². The zero-order valence-corrected chi connectivity index (χ0v) is 18.3. The number of carbonyl (C=O) groups is 4. The highest BCUT2D eigenvalue weighted by molar-refractivity contribution is 5.93. The maximum absolute atomic E-state index is 12.7. The van der Waals surface area contributed by atoms with Crippen molar-refractivity contribution in [2.45, 2.75) is 51.0 Å². The number of nitrogens with one attached hydrogen (secondary N) is 2. The zero-order chi connectivity index (χ0) is 24.5. The number of hydrogen-bond acceptors (Lipinski definition) is 6. The summed E-state index contributed by atoms with van der Waals surface area (Å²) in [5.41, 5.74) is 4.95. The van der Waals surface area contributed by atoms with Gasteiger partial charge in [-0.25, -0.2) is 0 Å². The van der Waals surface area contributed by atoms with Crippen molar-refractivity contribution in [3.05, 3.63) is 0 Å². The number of carbonyl (C=O) groups excluding carboxylic acids is 4. The largest absolute Gasteiger partial charge is 0.404 e. The van der Waals surface area contributed by atoms with Crippen molar-refractivity contribution in [2.75, 3.05) is 34.3 Å². The molecule has 0 rings (SSSR count). The molecule has 0 unspecified atom stereocenters. The van der Waals surface area contributed by atoms with Crippen LogP contribution in [0.2, 0.25) is 0 Å². The number of hydrogen-bond donors (Lipinski definition) is 4. The normalized spacial score (nSPS) is 14.4. The van der Waals surface area contributed by atoms with Gasteiger partial charge in [0.15, 0.2) is 0 Å². The topological polar surface area (TPSA) is 145 Å². The van der Waals surface area contributed by atoms with Gasteiger partial charge in [-0.2, -0.15) is 13.2 Å². The maximum Gasteiger partial charge on any atom is 0.404 e. The fourth-order valence-electron chi connectivity index (χ4n) is 2.60. The molecular formula is C18H32F3N5O5. The molecule has 5 N–H and O–H groups in total. The van der Waals surface area contributed by atoms with Crippen molar-refractivity contribution >= 4 is 23.6 Å². The first-order valence-corrected chi connectivity index (χ1v) is 9.60. The molecule has 4 amide bonds. The van der Waals surface area contributed by atoms with E-state index in [-0.39, 0.29) is 18.9 Å². The molecule has 0 spiro atoms. The van der Waals surface area contributed by atoms with Gasteiger partial charge in [-0.1, -0.05) is 13.8 Å². The third-order valence-corrected chi connectivity index (χ3v) is 4.51. The monoisotopic (exact) mass is 455 g/mol. The highest BCUT2D eigenvalue weighted by atomic mass is 19.4. The predicted octanol–water partition coefficient (Wildman–Crippen LogP) is -1.18. The van der Waals surface area contributed by atoms with E-state index in [9.17, 15) is 37.5 Å². The molecule has 0 saturated carbocycles. The number of aliphatic hydroxyl groups excluding tert-OH is 1. The molecular weight excluding hydrogens is 423 g/mol. The quantitative estimate of drug-likeness (QED) is 0.309. The van der Waals surface area contributed by atoms with Crippen molar-refractivity contribution in [2.24, 2.45) is 11.7 Å². The van der Waals surface area contributed by atoms with Gasteiger partial charge in [-0.15, -0.1) is 0 Å². The van der Waals surface area contributed by atoms with Crippen molar-refractivity contribution < 1.29 is 37.5 Å². The van der Waals surface area contributed by atoms with E-state index in [1.54, 1.807) is 13.8 Å². The second kappa shape index (κ2) is 12.4. The minimum Gasteiger partial charge on any atom is -0.394 e. The molecule has 31 heavy (non-hydrogen) atoms. The Bertz CT molecular complexity index is 645. The van der Waals surface area contributed by atoms with Gasteiger partial charge in [-0.05, 0) is 12.3 Å². The first-order valence-electron chi connectivity index (χ1n) is 9.60. The van der Waals surface area contributed by atoms with Gasteiger partial charge in [-0.3, -0.25) is 19.2 Å². The summed E-state index contributed by atoms with van der Waals surface area (Å²) in [5.74, 6) is -3.06. The molecule has 13 heteroatoms. The van der Waals surface area contributed by atoms with Crippen molar-refractivity contribution in [1.29, 1.82) is 0 Å². The second-order valence-electron chi connectivity index (χ2n) is 7.61. The minimum atomic E-state index is -4.79. The lowest BCUT2D eigenvalue weighted by atomic mass is 10.0. The second-order valence-corrected chi connectivity index (χ2v) is 7.61. The summed E-state index contributed by atoms with van der Waals surface area (Å²) in [6, 6.07) is -5.02. The van der Waals surface area contributed by atoms with Crippen LogP contribution in [0, 0.1) is 5.92 Å². The summed E-state index contributed by atoms with van der Waals surface area (Å²) in [7, 11) is 3.83. The van der Waals surface area contributed by atoms with Crippen molar-refractivity contribution in [3.63, 3.8) is 0 Å². The summed E-state index contributed by atoms with van der Waals surface area (Å²) in [6.45, 7) is 2.45. The van der Waals surface area contributed by atoms with Crippen LogP contribution in [0.15, 0.2) is 0 Å². The average Bonchev–Trinajstić information content (AvgIpc) is 2.65. The summed E-state index contributed by atoms with van der Waals surface area (Å²) in [5, 5.41) is 14.3. The number of halogens is 3. The molecule has 0 heterocycles. The molecule has 0 aromatic rings. The molecule has 0 aliphatic rings. The Labute approximate surface area is 179 Å². The van der Waals surface area contributed by atoms with Gasteiger partial charge in [0.2, 0.25) is 23.6 Å². The zero-order valence-electron chi connectivity index (χ0n) is 18.3. The Kier molecular flexibility index (Phi) is 11.5. The SMILES string of the molecule is CNC(=O)CN(C)C(=O)[C@H](CC(C)C)NC(=O)[C@H](CO)N(C)C(=O)C[C@H](N)C(F)(F)F. The number of nitrogens with two attached hydrogens (primary N) is 1. The van der Waals surface area contributed by atoms with E-state index in [0.29, 0.717) is 4.90 Å². The molecule has 0 aromatic heterocycles. The minimum absolute atomic E-state index is 0.0422. The Morgan fingerprint density at radius 2 is 1.68 bits per heavy atom. The fraction of sp³-hybridized carbons (Fsp3) is 0.778. The van der Waals surface area contributed by atoms with Crippen LogP contribution in [0.1, 0.15) is 26.7 Å². The molecule has 0 saturated heterocycles.